The Balaban J connectivity index is 2.56. The van der Waals surface area contributed by atoms with E-state index in [2.05, 4.69) is 23.3 Å². The van der Waals surface area contributed by atoms with Gasteiger partial charge in [-0.15, -0.1) is 0 Å². The van der Waals surface area contributed by atoms with E-state index in [0.717, 1.165) is 0 Å². The predicted octanol–water partition coefficient (Wildman–Crippen LogP) is 1.34. The molecule has 0 radical (unpaired) electrons. The van der Waals surface area contributed by atoms with Crippen LogP contribution in [0.3, 0.4) is 0 Å². The molecular weight excluding hydrogens is 120 g/mol. The van der Waals surface area contributed by atoms with Gasteiger partial charge in [0.1, 0.15) is 6.17 Å². The lowest BCUT2D eigenvalue weighted by atomic mass is 10.6. The minimum Gasteiger partial charge on any atom is -0.262 e. The van der Waals surface area contributed by atoms with Crippen LogP contribution in [-0.2, 0) is 0 Å². The van der Waals surface area contributed by atoms with Crippen LogP contribution in [-0.4, -0.2) is 22.6 Å². The van der Waals surface area contributed by atoms with Crippen molar-refractivity contribution in [1.82, 2.24) is 4.31 Å². The summed E-state index contributed by atoms with van der Waals surface area (Å²) in [6, 6.07) is 0. The maximum atomic E-state index is 4.28. The second-order valence-electron chi connectivity index (χ2n) is 1.92. The third-order valence-electron chi connectivity index (χ3n) is 1.17. The standard InChI is InChI=1S/C5H10N2S/c1-4-6-5(2)8-7(4)3/h4H,1-3H3. The van der Waals surface area contributed by atoms with Gasteiger partial charge in [0.05, 0.1) is 5.04 Å². The van der Waals surface area contributed by atoms with Gasteiger partial charge in [-0.25, -0.2) is 4.31 Å². The van der Waals surface area contributed by atoms with Gasteiger partial charge in [0.15, 0.2) is 0 Å². The van der Waals surface area contributed by atoms with Crippen molar-refractivity contribution in [3.05, 3.63) is 0 Å². The van der Waals surface area contributed by atoms with E-state index in [-0.39, 0.29) is 0 Å². The molecule has 1 heterocycles. The van der Waals surface area contributed by atoms with Crippen molar-refractivity contribution in [2.24, 2.45) is 4.99 Å². The molecule has 8 heavy (non-hydrogen) atoms. The third kappa shape index (κ3) is 1.03. The van der Waals surface area contributed by atoms with Gasteiger partial charge in [-0.05, 0) is 25.8 Å². The molecule has 0 amide bonds. The van der Waals surface area contributed by atoms with Crippen LogP contribution < -0.4 is 0 Å². The Bertz CT molecular complexity index is 122. The molecule has 3 heteroatoms. The van der Waals surface area contributed by atoms with Gasteiger partial charge < -0.3 is 0 Å². The fraction of sp³-hybridized carbons (Fsp3) is 0.800. The highest BCUT2D eigenvalue weighted by Gasteiger charge is 2.15. The van der Waals surface area contributed by atoms with Crippen LogP contribution in [0.15, 0.2) is 4.99 Å². The smallest absolute Gasteiger partial charge is 0.109 e. The molecule has 0 saturated carbocycles. The van der Waals surface area contributed by atoms with Gasteiger partial charge in [-0.2, -0.15) is 0 Å². The fourth-order valence-corrected chi connectivity index (χ4v) is 1.47. The van der Waals surface area contributed by atoms with Crippen molar-refractivity contribution in [2.45, 2.75) is 20.0 Å². The Hall–Kier alpha value is -0.0200. The first-order valence-electron chi connectivity index (χ1n) is 2.65. The first-order chi connectivity index (χ1) is 3.70. The monoisotopic (exact) mass is 130 g/mol. The summed E-state index contributed by atoms with van der Waals surface area (Å²) in [4.78, 5) is 4.28. The Kier molecular flexibility index (Phi) is 1.58. The van der Waals surface area contributed by atoms with Gasteiger partial charge >= 0.3 is 0 Å². The van der Waals surface area contributed by atoms with E-state index in [1.165, 1.54) is 5.04 Å². The molecule has 0 aliphatic carbocycles. The molecule has 0 saturated heterocycles. The Morgan fingerprint density at radius 3 is 2.50 bits per heavy atom. The summed E-state index contributed by atoms with van der Waals surface area (Å²) >= 11 is 1.71. The second-order valence-corrected chi connectivity index (χ2v) is 3.27. The van der Waals surface area contributed by atoms with Gasteiger partial charge in [0.25, 0.3) is 0 Å². The van der Waals surface area contributed by atoms with E-state index in [1.54, 1.807) is 11.9 Å². The maximum Gasteiger partial charge on any atom is 0.109 e. The molecule has 1 rings (SSSR count). The number of rotatable bonds is 0. The van der Waals surface area contributed by atoms with Gasteiger partial charge in [0.2, 0.25) is 0 Å². The molecular formula is C5H10N2S. The average molecular weight is 130 g/mol. The number of nitrogens with zero attached hydrogens (tertiary/aromatic N) is 2. The zero-order valence-electron chi connectivity index (χ0n) is 5.38. The second kappa shape index (κ2) is 2.07. The van der Waals surface area contributed by atoms with E-state index in [0.29, 0.717) is 6.17 Å². The summed E-state index contributed by atoms with van der Waals surface area (Å²) < 4.78 is 2.13. The molecule has 2 nitrogen and oxygen atoms in total. The molecule has 0 spiro atoms. The van der Waals surface area contributed by atoms with Crippen LogP contribution in [0.25, 0.3) is 0 Å². The van der Waals surface area contributed by atoms with Crippen molar-refractivity contribution in [1.29, 1.82) is 0 Å². The lowest BCUT2D eigenvalue weighted by Gasteiger charge is -2.08. The van der Waals surface area contributed by atoms with Crippen LogP contribution in [0, 0.1) is 0 Å². The normalized spacial score (nSPS) is 30.9. The highest BCUT2D eigenvalue weighted by atomic mass is 32.2. The zero-order chi connectivity index (χ0) is 6.15. The van der Waals surface area contributed by atoms with Crippen molar-refractivity contribution in [3.63, 3.8) is 0 Å². The van der Waals surface area contributed by atoms with Crippen LogP contribution in [0.2, 0.25) is 0 Å². The molecule has 0 aromatic heterocycles. The first kappa shape index (κ1) is 6.11. The summed E-state index contributed by atoms with van der Waals surface area (Å²) in [6.45, 7) is 4.12. The molecule has 0 N–H and O–H groups in total. The summed E-state index contributed by atoms with van der Waals surface area (Å²) in [7, 11) is 2.05. The van der Waals surface area contributed by atoms with Gasteiger partial charge in [0, 0.05) is 7.05 Å². The maximum absolute atomic E-state index is 4.28. The van der Waals surface area contributed by atoms with Crippen molar-refractivity contribution in [3.8, 4) is 0 Å². The zero-order valence-corrected chi connectivity index (χ0v) is 6.20. The molecule has 0 aromatic carbocycles. The lowest BCUT2D eigenvalue weighted by Crippen LogP contribution is -2.14. The summed E-state index contributed by atoms with van der Waals surface area (Å²) in [5.41, 5.74) is 0. The SMILES string of the molecule is CC1=NC(C)N(C)S1. The molecule has 1 unspecified atom stereocenters. The Morgan fingerprint density at radius 2 is 2.38 bits per heavy atom. The van der Waals surface area contributed by atoms with Crippen LogP contribution in [0.5, 0.6) is 0 Å². The highest BCUT2D eigenvalue weighted by Crippen LogP contribution is 2.21. The topological polar surface area (TPSA) is 15.6 Å². The summed E-state index contributed by atoms with van der Waals surface area (Å²) in [6.07, 6.45) is 0.375. The van der Waals surface area contributed by atoms with Crippen molar-refractivity contribution >= 4 is 17.0 Å². The Morgan fingerprint density at radius 1 is 1.75 bits per heavy atom. The van der Waals surface area contributed by atoms with E-state index >= 15 is 0 Å². The van der Waals surface area contributed by atoms with Crippen molar-refractivity contribution in [2.75, 3.05) is 7.05 Å². The fourth-order valence-electron chi connectivity index (χ4n) is 0.653. The molecule has 0 bridgehead atoms. The minimum atomic E-state index is 0.375. The van der Waals surface area contributed by atoms with E-state index in [4.69, 9.17) is 0 Å². The van der Waals surface area contributed by atoms with Crippen molar-refractivity contribution < 1.29 is 0 Å². The number of hydrogen-bond donors (Lipinski definition) is 0. The first-order valence-corrected chi connectivity index (χ1v) is 3.42. The molecule has 0 fully saturated rings. The molecule has 0 aromatic rings. The average Bonchev–Trinajstić information content (AvgIpc) is 1.85. The lowest BCUT2D eigenvalue weighted by molar-refractivity contribution is 0.466. The molecule has 1 aliphatic rings. The quantitative estimate of drug-likeness (QED) is 0.460. The summed E-state index contributed by atoms with van der Waals surface area (Å²) in [5.74, 6) is 0. The van der Waals surface area contributed by atoms with Gasteiger partial charge in [-0.1, -0.05) is 0 Å². The Labute approximate surface area is 54.1 Å². The third-order valence-corrected chi connectivity index (χ3v) is 2.13. The number of aliphatic imine (C=N–C) groups is 1. The van der Waals surface area contributed by atoms with E-state index in [9.17, 15) is 0 Å². The number of hydrogen-bond acceptors (Lipinski definition) is 3. The van der Waals surface area contributed by atoms with Crippen LogP contribution in [0.1, 0.15) is 13.8 Å². The predicted molar refractivity (Wildman–Crippen MR) is 37.9 cm³/mol. The van der Waals surface area contributed by atoms with E-state index < -0.39 is 0 Å². The summed E-state index contributed by atoms with van der Waals surface area (Å²) in [5, 5.41) is 1.17. The van der Waals surface area contributed by atoms with Crippen LogP contribution in [0.4, 0.5) is 0 Å². The molecule has 46 valence electrons. The van der Waals surface area contributed by atoms with E-state index in [1.807, 2.05) is 6.92 Å². The highest BCUT2D eigenvalue weighted by molar-refractivity contribution is 8.12. The molecule has 1 aliphatic heterocycles. The minimum absolute atomic E-state index is 0.375. The largest absolute Gasteiger partial charge is 0.262 e. The molecule has 1 atom stereocenters. The van der Waals surface area contributed by atoms with Crippen LogP contribution >= 0.6 is 11.9 Å². The van der Waals surface area contributed by atoms with Gasteiger partial charge in [-0.3, -0.25) is 4.99 Å².